The molecule has 6 nitrogen and oxygen atoms in total. The van der Waals surface area contributed by atoms with E-state index < -0.39 is 23.3 Å². The monoisotopic (exact) mass is 370 g/mol. The smallest absolute Gasteiger partial charge is 0.336 e. The standard InChI is InChI=1S/C21H22O6/c1-12(2)9-20(23)27-18(21(3,4)24)10-15-13-5-6-19(22)26-17(13)11-16-14(15)7-8-25-16/h5-9,11,18,24H,10H2,1-4H3/t18-/m1/s1. The van der Waals surface area contributed by atoms with Crippen molar-refractivity contribution in [2.24, 2.45) is 0 Å². The van der Waals surface area contributed by atoms with Crippen LogP contribution in [0.5, 0.6) is 0 Å². The quantitative estimate of drug-likeness (QED) is 0.418. The van der Waals surface area contributed by atoms with Crippen LogP contribution < -0.4 is 5.63 Å². The summed E-state index contributed by atoms with van der Waals surface area (Å²) in [5.74, 6) is -0.516. The number of rotatable bonds is 5. The Morgan fingerprint density at radius 1 is 1.22 bits per heavy atom. The number of furan rings is 1. The van der Waals surface area contributed by atoms with Crippen molar-refractivity contribution in [1.82, 2.24) is 0 Å². The number of hydrogen-bond acceptors (Lipinski definition) is 6. The van der Waals surface area contributed by atoms with E-state index in [-0.39, 0.29) is 6.42 Å². The van der Waals surface area contributed by atoms with Crippen molar-refractivity contribution < 1.29 is 23.5 Å². The molecule has 0 spiro atoms. The summed E-state index contributed by atoms with van der Waals surface area (Å²) in [4.78, 5) is 23.7. The third kappa shape index (κ3) is 4.11. The lowest BCUT2D eigenvalue weighted by Gasteiger charge is -2.29. The van der Waals surface area contributed by atoms with Crippen molar-refractivity contribution in [3.63, 3.8) is 0 Å². The van der Waals surface area contributed by atoms with Gasteiger partial charge in [0.1, 0.15) is 17.3 Å². The van der Waals surface area contributed by atoms with E-state index in [9.17, 15) is 14.7 Å². The first-order valence-electron chi connectivity index (χ1n) is 8.66. The number of allylic oxidation sites excluding steroid dienone is 1. The Labute approximate surface area is 156 Å². The van der Waals surface area contributed by atoms with E-state index in [0.717, 1.165) is 16.5 Å². The van der Waals surface area contributed by atoms with Gasteiger partial charge in [-0.1, -0.05) is 5.57 Å². The van der Waals surface area contributed by atoms with Gasteiger partial charge in [-0.05, 0) is 45.4 Å². The molecule has 0 aliphatic carbocycles. The zero-order valence-corrected chi connectivity index (χ0v) is 15.7. The second-order valence-corrected chi connectivity index (χ2v) is 7.36. The number of hydrogen-bond donors (Lipinski definition) is 1. The van der Waals surface area contributed by atoms with Gasteiger partial charge in [-0.25, -0.2) is 9.59 Å². The zero-order chi connectivity index (χ0) is 19.8. The Hall–Kier alpha value is -2.86. The van der Waals surface area contributed by atoms with Crippen molar-refractivity contribution in [2.75, 3.05) is 0 Å². The molecule has 142 valence electrons. The molecule has 0 amide bonds. The van der Waals surface area contributed by atoms with Gasteiger partial charge >= 0.3 is 11.6 Å². The predicted molar refractivity (Wildman–Crippen MR) is 102 cm³/mol. The molecule has 2 heterocycles. The fourth-order valence-electron chi connectivity index (χ4n) is 2.98. The number of ether oxygens (including phenoxy) is 1. The maximum absolute atomic E-state index is 12.1. The zero-order valence-electron chi connectivity index (χ0n) is 15.7. The van der Waals surface area contributed by atoms with Crippen molar-refractivity contribution in [1.29, 1.82) is 0 Å². The van der Waals surface area contributed by atoms with E-state index in [1.807, 2.05) is 0 Å². The van der Waals surface area contributed by atoms with E-state index in [2.05, 4.69) is 0 Å². The number of carbonyl (C=O) groups excluding carboxylic acids is 1. The van der Waals surface area contributed by atoms with Gasteiger partial charge in [-0.3, -0.25) is 0 Å². The number of benzene rings is 1. The van der Waals surface area contributed by atoms with Crippen LogP contribution in [0.2, 0.25) is 0 Å². The lowest BCUT2D eigenvalue weighted by atomic mass is 9.91. The number of aliphatic hydroxyl groups is 1. The van der Waals surface area contributed by atoms with E-state index in [1.165, 1.54) is 12.1 Å². The second-order valence-electron chi connectivity index (χ2n) is 7.36. The molecule has 0 bridgehead atoms. The Kier molecular flexibility index (Phi) is 4.93. The average Bonchev–Trinajstić information content (AvgIpc) is 2.99. The molecule has 0 aliphatic heterocycles. The Bertz CT molecular complexity index is 1070. The van der Waals surface area contributed by atoms with Gasteiger partial charge in [0, 0.05) is 35.4 Å². The highest BCUT2D eigenvalue weighted by atomic mass is 16.6. The van der Waals surface area contributed by atoms with Crippen LogP contribution >= 0.6 is 0 Å². The Morgan fingerprint density at radius 3 is 2.59 bits per heavy atom. The van der Waals surface area contributed by atoms with E-state index >= 15 is 0 Å². The van der Waals surface area contributed by atoms with Crippen LogP contribution in [0.1, 0.15) is 33.3 Å². The summed E-state index contributed by atoms with van der Waals surface area (Å²) in [7, 11) is 0. The molecular weight excluding hydrogens is 348 g/mol. The van der Waals surface area contributed by atoms with Crippen LogP contribution in [0.15, 0.2) is 55.8 Å². The third-order valence-corrected chi connectivity index (χ3v) is 4.31. The average molecular weight is 370 g/mol. The van der Waals surface area contributed by atoms with E-state index in [0.29, 0.717) is 16.6 Å². The van der Waals surface area contributed by atoms with Crippen LogP contribution in [0.4, 0.5) is 0 Å². The van der Waals surface area contributed by atoms with E-state index in [1.54, 1.807) is 52.2 Å². The number of fused-ring (bicyclic) bond motifs is 2. The van der Waals surface area contributed by atoms with Crippen LogP contribution in [0.3, 0.4) is 0 Å². The summed E-state index contributed by atoms with van der Waals surface area (Å²) in [6.07, 6.45) is 2.34. The molecule has 6 heteroatoms. The first-order valence-corrected chi connectivity index (χ1v) is 8.66. The highest BCUT2D eigenvalue weighted by Gasteiger charge is 2.32. The first-order chi connectivity index (χ1) is 12.6. The summed E-state index contributed by atoms with van der Waals surface area (Å²) < 4.78 is 16.3. The summed E-state index contributed by atoms with van der Waals surface area (Å²) in [6, 6.07) is 6.47. The fourth-order valence-corrected chi connectivity index (χ4v) is 2.98. The highest BCUT2D eigenvalue weighted by molar-refractivity contribution is 5.97. The van der Waals surface area contributed by atoms with Gasteiger partial charge < -0.3 is 18.7 Å². The van der Waals surface area contributed by atoms with Crippen molar-refractivity contribution in [3.05, 3.63) is 58.2 Å². The molecule has 3 rings (SSSR count). The van der Waals surface area contributed by atoms with Crippen LogP contribution in [0.25, 0.3) is 21.9 Å². The van der Waals surface area contributed by atoms with Crippen LogP contribution in [-0.4, -0.2) is 22.8 Å². The first kappa shape index (κ1) is 18.9. The van der Waals surface area contributed by atoms with Gasteiger partial charge in [0.15, 0.2) is 0 Å². The predicted octanol–water partition coefficient (Wildman–Crippen LogP) is 3.73. The molecule has 27 heavy (non-hydrogen) atoms. The minimum absolute atomic E-state index is 0.229. The highest BCUT2D eigenvalue weighted by Crippen LogP contribution is 2.31. The minimum atomic E-state index is -1.28. The molecule has 0 unspecified atom stereocenters. The van der Waals surface area contributed by atoms with Crippen molar-refractivity contribution in [2.45, 2.75) is 45.8 Å². The topological polar surface area (TPSA) is 89.9 Å². The molecule has 0 aliphatic rings. The maximum Gasteiger partial charge on any atom is 0.336 e. The molecule has 0 radical (unpaired) electrons. The molecule has 2 aromatic heterocycles. The van der Waals surface area contributed by atoms with E-state index in [4.69, 9.17) is 13.6 Å². The maximum atomic E-state index is 12.1. The summed E-state index contributed by atoms with van der Waals surface area (Å²) in [5, 5.41) is 12.1. The van der Waals surface area contributed by atoms with Gasteiger partial charge in [0.2, 0.25) is 0 Å². The largest absolute Gasteiger partial charge is 0.464 e. The van der Waals surface area contributed by atoms with Gasteiger partial charge in [-0.15, -0.1) is 0 Å². The van der Waals surface area contributed by atoms with Gasteiger partial charge in [0.05, 0.1) is 11.9 Å². The normalized spacial score (nSPS) is 12.9. The molecular formula is C21H22O6. The molecule has 0 saturated carbocycles. The fraction of sp³-hybridized carbons (Fsp3) is 0.333. The van der Waals surface area contributed by atoms with Gasteiger partial charge in [0.25, 0.3) is 0 Å². The lowest BCUT2D eigenvalue weighted by Crippen LogP contribution is -2.41. The lowest BCUT2D eigenvalue weighted by molar-refractivity contribution is -0.155. The molecule has 0 saturated heterocycles. The van der Waals surface area contributed by atoms with Gasteiger partial charge in [-0.2, -0.15) is 0 Å². The molecule has 3 aromatic rings. The minimum Gasteiger partial charge on any atom is -0.464 e. The Balaban J connectivity index is 2.10. The second kappa shape index (κ2) is 7.04. The molecule has 1 aromatic carbocycles. The Morgan fingerprint density at radius 2 is 1.93 bits per heavy atom. The molecule has 1 atom stereocenters. The third-order valence-electron chi connectivity index (χ3n) is 4.31. The number of esters is 1. The van der Waals surface area contributed by atoms with Crippen LogP contribution in [0, 0.1) is 0 Å². The van der Waals surface area contributed by atoms with Crippen LogP contribution in [-0.2, 0) is 16.0 Å². The van der Waals surface area contributed by atoms with Crippen molar-refractivity contribution in [3.8, 4) is 0 Å². The summed E-state index contributed by atoms with van der Waals surface area (Å²) in [5.41, 5.74) is 0.769. The molecule has 1 N–H and O–H groups in total. The number of carbonyl (C=O) groups is 1. The molecule has 0 fully saturated rings. The summed E-state index contributed by atoms with van der Waals surface area (Å²) in [6.45, 7) is 6.76. The van der Waals surface area contributed by atoms with Crippen molar-refractivity contribution >= 4 is 27.9 Å². The summed E-state index contributed by atoms with van der Waals surface area (Å²) >= 11 is 0. The SMILES string of the molecule is CC(C)=CC(=O)O[C@H](Cc1c2ccoc2cc2oc(=O)ccc12)C(C)(C)O.